The molecule has 4 nitrogen and oxygen atoms in total. The molecule has 3 N–H and O–H groups in total. The van der Waals surface area contributed by atoms with Crippen LogP contribution in [-0.4, -0.2) is 5.91 Å². The number of nitrogens with two attached hydrogens (primary N) is 1. The average Bonchev–Trinajstić information content (AvgIpc) is 2.49. The first kappa shape index (κ1) is 14.1. The van der Waals surface area contributed by atoms with E-state index in [9.17, 15) is 4.79 Å². The zero-order valence-electron chi connectivity index (χ0n) is 10.5. The summed E-state index contributed by atoms with van der Waals surface area (Å²) >= 11 is 5.82. The fraction of sp³-hybridized carbons (Fsp3) is 0. The number of carbonyl (C=O) groups is 1. The van der Waals surface area contributed by atoms with Crippen LogP contribution in [0.3, 0.4) is 0 Å². The first-order valence-electron chi connectivity index (χ1n) is 5.90. The molecule has 0 heterocycles. The van der Waals surface area contributed by atoms with Gasteiger partial charge in [0.05, 0.1) is 0 Å². The number of amides is 1. The number of hydrogen-bond donors (Lipinski definition) is 2. The van der Waals surface area contributed by atoms with E-state index in [1.165, 1.54) is 0 Å². The monoisotopic (exact) mass is 288 g/mol. The molecule has 0 aliphatic rings. The number of benzene rings is 2. The second-order valence-corrected chi connectivity index (χ2v) is 4.39. The van der Waals surface area contributed by atoms with Gasteiger partial charge in [-0.05, 0) is 35.9 Å². The topological polar surface area (TPSA) is 64.3 Å². The predicted octanol–water partition coefficient (Wildman–Crippen LogP) is 2.75. The molecule has 0 saturated carbocycles. The minimum Gasteiger partial charge on any atom is -0.452 e. The second kappa shape index (κ2) is 6.75. The SMILES string of the molecule is NNC(=O)/C(=C/c1ccc(Cl)cc1)Oc1ccccc1. The minimum atomic E-state index is -0.510. The minimum absolute atomic E-state index is 0.0982. The van der Waals surface area contributed by atoms with Crippen LogP contribution in [0.1, 0.15) is 5.56 Å². The van der Waals surface area contributed by atoms with Crippen molar-refractivity contribution in [3.63, 3.8) is 0 Å². The van der Waals surface area contributed by atoms with Crippen LogP contribution in [0.2, 0.25) is 5.02 Å². The van der Waals surface area contributed by atoms with Crippen molar-refractivity contribution in [1.82, 2.24) is 5.43 Å². The standard InChI is InChI=1S/C15H13ClN2O2/c16-12-8-6-11(7-9-12)10-14(15(19)18-17)20-13-4-2-1-3-5-13/h1-10H,17H2,(H,18,19)/b14-10-. The van der Waals surface area contributed by atoms with Crippen LogP contribution in [0.15, 0.2) is 60.4 Å². The second-order valence-electron chi connectivity index (χ2n) is 3.95. The van der Waals surface area contributed by atoms with E-state index in [-0.39, 0.29) is 5.76 Å². The molecule has 0 spiro atoms. The van der Waals surface area contributed by atoms with Gasteiger partial charge in [-0.1, -0.05) is 41.9 Å². The summed E-state index contributed by atoms with van der Waals surface area (Å²) in [7, 11) is 0. The summed E-state index contributed by atoms with van der Waals surface area (Å²) in [5, 5.41) is 0.621. The Kier molecular flexibility index (Phi) is 4.76. The Bertz CT molecular complexity index is 610. The number of rotatable bonds is 4. The van der Waals surface area contributed by atoms with Crippen LogP contribution in [0.5, 0.6) is 5.75 Å². The zero-order valence-corrected chi connectivity index (χ0v) is 11.3. The quantitative estimate of drug-likeness (QED) is 0.299. The molecule has 0 fully saturated rings. The van der Waals surface area contributed by atoms with Crippen molar-refractivity contribution in [3.05, 3.63) is 70.9 Å². The summed E-state index contributed by atoms with van der Waals surface area (Å²) in [5.74, 6) is 5.30. The smallest absolute Gasteiger partial charge is 0.300 e. The summed E-state index contributed by atoms with van der Waals surface area (Å²) in [6.45, 7) is 0. The van der Waals surface area contributed by atoms with Gasteiger partial charge in [-0.3, -0.25) is 10.2 Å². The van der Waals surface area contributed by atoms with Gasteiger partial charge in [0, 0.05) is 5.02 Å². The van der Waals surface area contributed by atoms with E-state index >= 15 is 0 Å². The largest absolute Gasteiger partial charge is 0.452 e. The first-order chi connectivity index (χ1) is 9.69. The highest BCUT2D eigenvalue weighted by molar-refractivity contribution is 6.30. The van der Waals surface area contributed by atoms with Gasteiger partial charge in [-0.2, -0.15) is 0 Å². The van der Waals surface area contributed by atoms with E-state index in [0.29, 0.717) is 10.8 Å². The van der Waals surface area contributed by atoms with Crippen LogP contribution in [0.4, 0.5) is 0 Å². The molecule has 0 aromatic heterocycles. The van der Waals surface area contributed by atoms with Gasteiger partial charge in [-0.25, -0.2) is 5.84 Å². The molecule has 0 radical (unpaired) electrons. The van der Waals surface area contributed by atoms with Crippen LogP contribution in [0, 0.1) is 0 Å². The number of nitrogens with one attached hydrogen (secondary N) is 1. The molecule has 0 unspecified atom stereocenters. The van der Waals surface area contributed by atoms with E-state index in [1.54, 1.807) is 42.5 Å². The van der Waals surface area contributed by atoms with Crippen LogP contribution in [0.25, 0.3) is 6.08 Å². The maximum absolute atomic E-state index is 11.7. The lowest BCUT2D eigenvalue weighted by molar-refractivity contribution is -0.119. The van der Waals surface area contributed by atoms with E-state index in [2.05, 4.69) is 5.43 Å². The molecule has 0 atom stereocenters. The predicted molar refractivity (Wildman–Crippen MR) is 78.8 cm³/mol. The van der Waals surface area contributed by atoms with Gasteiger partial charge in [0.2, 0.25) is 0 Å². The fourth-order valence-electron chi connectivity index (χ4n) is 1.54. The number of ether oxygens (including phenoxy) is 1. The summed E-state index contributed by atoms with van der Waals surface area (Å²) in [6, 6.07) is 16.0. The number of halogens is 1. The van der Waals surface area contributed by atoms with Crippen molar-refractivity contribution in [2.24, 2.45) is 5.84 Å². The van der Waals surface area contributed by atoms with Gasteiger partial charge < -0.3 is 4.74 Å². The molecule has 0 bridgehead atoms. The number of hydrazine groups is 1. The maximum Gasteiger partial charge on any atom is 0.300 e. The van der Waals surface area contributed by atoms with Gasteiger partial charge >= 0.3 is 5.91 Å². The Balaban J connectivity index is 2.28. The van der Waals surface area contributed by atoms with Crippen LogP contribution < -0.4 is 16.0 Å². The van der Waals surface area contributed by atoms with Gasteiger partial charge in [0.1, 0.15) is 5.75 Å². The molecule has 20 heavy (non-hydrogen) atoms. The molecule has 0 saturated heterocycles. The number of hydrogen-bond acceptors (Lipinski definition) is 3. The molecule has 5 heteroatoms. The van der Waals surface area contributed by atoms with Crippen LogP contribution in [-0.2, 0) is 4.79 Å². The normalized spacial score (nSPS) is 11.0. The van der Waals surface area contributed by atoms with Crippen molar-refractivity contribution in [3.8, 4) is 5.75 Å². The lowest BCUT2D eigenvalue weighted by Crippen LogP contribution is -2.33. The Hall–Kier alpha value is -2.30. The Morgan fingerprint density at radius 3 is 2.35 bits per heavy atom. The van der Waals surface area contributed by atoms with Gasteiger partial charge in [0.15, 0.2) is 5.76 Å². The summed E-state index contributed by atoms with van der Waals surface area (Å²) in [6.07, 6.45) is 1.59. The van der Waals surface area contributed by atoms with Crippen molar-refractivity contribution in [2.45, 2.75) is 0 Å². The number of carbonyl (C=O) groups excluding carboxylic acids is 1. The van der Waals surface area contributed by atoms with Gasteiger partial charge in [0.25, 0.3) is 0 Å². The van der Waals surface area contributed by atoms with Crippen LogP contribution >= 0.6 is 11.6 Å². The lowest BCUT2D eigenvalue weighted by atomic mass is 10.2. The number of para-hydroxylation sites is 1. The molecular weight excluding hydrogens is 276 g/mol. The van der Waals surface area contributed by atoms with E-state index in [1.807, 2.05) is 18.2 Å². The molecular formula is C15H13ClN2O2. The van der Waals surface area contributed by atoms with Gasteiger partial charge in [-0.15, -0.1) is 0 Å². The maximum atomic E-state index is 11.7. The molecule has 1 amide bonds. The van der Waals surface area contributed by atoms with E-state index in [4.69, 9.17) is 22.2 Å². The zero-order chi connectivity index (χ0) is 14.4. The summed E-state index contributed by atoms with van der Waals surface area (Å²) < 4.78 is 5.54. The third kappa shape index (κ3) is 3.85. The molecule has 0 aliphatic heterocycles. The molecule has 102 valence electrons. The van der Waals surface area contributed by atoms with E-state index < -0.39 is 5.91 Å². The Morgan fingerprint density at radius 2 is 1.75 bits per heavy atom. The summed E-state index contributed by atoms with van der Waals surface area (Å²) in [4.78, 5) is 11.7. The molecule has 0 aliphatic carbocycles. The Labute approximate surface area is 121 Å². The highest BCUT2D eigenvalue weighted by Gasteiger charge is 2.10. The molecule has 2 aromatic rings. The third-order valence-corrected chi connectivity index (χ3v) is 2.75. The lowest BCUT2D eigenvalue weighted by Gasteiger charge is -2.08. The van der Waals surface area contributed by atoms with Crippen molar-refractivity contribution in [1.29, 1.82) is 0 Å². The van der Waals surface area contributed by atoms with Crippen molar-refractivity contribution in [2.75, 3.05) is 0 Å². The molecule has 2 rings (SSSR count). The highest BCUT2D eigenvalue weighted by Crippen LogP contribution is 2.17. The third-order valence-electron chi connectivity index (χ3n) is 2.49. The van der Waals surface area contributed by atoms with Crippen molar-refractivity contribution >= 4 is 23.6 Å². The fourth-order valence-corrected chi connectivity index (χ4v) is 1.66. The Morgan fingerprint density at radius 1 is 1.10 bits per heavy atom. The average molecular weight is 289 g/mol. The van der Waals surface area contributed by atoms with Crippen molar-refractivity contribution < 1.29 is 9.53 Å². The highest BCUT2D eigenvalue weighted by atomic mass is 35.5. The summed E-state index contributed by atoms with van der Waals surface area (Å²) in [5.41, 5.74) is 2.84. The first-order valence-corrected chi connectivity index (χ1v) is 6.28. The molecule has 2 aromatic carbocycles. The van der Waals surface area contributed by atoms with E-state index in [0.717, 1.165) is 5.56 Å².